The molecule has 2 saturated carbocycles. The van der Waals surface area contributed by atoms with Crippen molar-refractivity contribution < 1.29 is 19.2 Å². The zero-order valence-electron chi connectivity index (χ0n) is 22.8. The van der Waals surface area contributed by atoms with Crippen molar-refractivity contribution in [3.05, 3.63) is 84.5 Å². The van der Waals surface area contributed by atoms with Crippen LogP contribution in [0, 0.1) is 46.8 Å². The Bertz CT molecular complexity index is 1410. The van der Waals surface area contributed by atoms with Crippen LogP contribution in [0.1, 0.15) is 49.7 Å². The Hall–Kier alpha value is -3.54. The Morgan fingerprint density at radius 3 is 2.25 bits per heavy atom. The van der Waals surface area contributed by atoms with Crippen LogP contribution in [0.5, 0.6) is 0 Å². The molecule has 1 aromatic carbocycles. The number of hydrogen-bond donors (Lipinski definition) is 0. The Kier molecular flexibility index (Phi) is 5.88. The molecule has 8 unspecified atom stereocenters. The first-order valence-corrected chi connectivity index (χ1v) is 14.8. The molecule has 0 aromatic heterocycles. The van der Waals surface area contributed by atoms with Gasteiger partial charge in [0.1, 0.15) is 0 Å². The Labute approximate surface area is 235 Å². The van der Waals surface area contributed by atoms with E-state index >= 15 is 0 Å². The molecule has 1 aromatic rings. The largest absolute Gasteiger partial charge is 0.278 e. The van der Waals surface area contributed by atoms with E-state index in [0.717, 1.165) is 49.7 Å². The fraction of sp³-hybridized carbons (Fsp3) is 0.471. The van der Waals surface area contributed by atoms with Crippen molar-refractivity contribution in [2.45, 2.75) is 51.6 Å². The van der Waals surface area contributed by atoms with Gasteiger partial charge in [-0.1, -0.05) is 60.2 Å². The van der Waals surface area contributed by atoms with Crippen LogP contribution < -0.4 is 0 Å². The first kappa shape index (κ1) is 25.4. The van der Waals surface area contributed by atoms with E-state index < -0.39 is 0 Å². The number of nitrogens with zero attached hydrogens (tertiary/aromatic N) is 2. The zero-order valence-corrected chi connectivity index (χ0v) is 22.8. The average molecular weight is 537 g/mol. The lowest BCUT2D eigenvalue weighted by Crippen LogP contribution is -2.35. The number of hydrogen-bond acceptors (Lipinski definition) is 4. The molecule has 2 saturated heterocycles. The molecule has 40 heavy (non-hydrogen) atoms. The number of carbonyl (C=O) groups is 4. The molecule has 4 aliphatic carbocycles. The molecular formula is C34H36N2O4. The van der Waals surface area contributed by atoms with Crippen molar-refractivity contribution in [1.82, 2.24) is 9.80 Å². The monoisotopic (exact) mass is 536 g/mol. The molecular weight excluding hydrogens is 500 g/mol. The number of benzene rings is 1. The van der Waals surface area contributed by atoms with Crippen LogP contribution in [-0.4, -0.2) is 33.4 Å². The molecule has 0 radical (unpaired) electrons. The number of carbonyl (C=O) groups excluding carboxylic acids is 4. The highest BCUT2D eigenvalue weighted by Crippen LogP contribution is 2.62. The molecule has 2 aliphatic heterocycles. The van der Waals surface area contributed by atoms with Gasteiger partial charge in [-0.15, -0.1) is 13.2 Å². The minimum absolute atomic E-state index is 0.0531. The van der Waals surface area contributed by atoms with E-state index in [1.807, 2.05) is 36.4 Å². The van der Waals surface area contributed by atoms with E-state index in [1.54, 1.807) is 0 Å². The summed E-state index contributed by atoms with van der Waals surface area (Å²) in [7, 11) is 0. The molecule has 0 spiro atoms. The van der Waals surface area contributed by atoms with Crippen molar-refractivity contribution in [3.63, 3.8) is 0 Å². The number of allylic oxidation sites excluding steroid dienone is 6. The summed E-state index contributed by atoms with van der Waals surface area (Å²) in [6.07, 6.45) is 15.6. The minimum atomic E-state index is -0.280. The van der Waals surface area contributed by atoms with E-state index in [-0.39, 0.29) is 83.6 Å². The predicted molar refractivity (Wildman–Crippen MR) is 150 cm³/mol. The summed E-state index contributed by atoms with van der Waals surface area (Å²) in [5, 5.41) is 0. The van der Waals surface area contributed by atoms with Crippen molar-refractivity contribution in [2.75, 3.05) is 0 Å². The molecule has 4 bridgehead atoms. The summed E-state index contributed by atoms with van der Waals surface area (Å²) in [5.74, 6) is -0.777. The van der Waals surface area contributed by atoms with Crippen molar-refractivity contribution in [1.29, 1.82) is 0 Å². The SMILES string of the molecule is C=CCCC1=CC2CC1C1C(=O)N(Cc3cccc(CN4C(=O)C5C6C=CC(CCC=C)(C6)C5C4=O)c3)C(=O)C21. The number of rotatable bonds is 10. The minimum Gasteiger partial charge on any atom is -0.278 e. The van der Waals surface area contributed by atoms with Crippen LogP contribution in [0.15, 0.2) is 73.4 Å². The summed E-state index contributed by atoms with van der Waals surface area (Å²) in [5.41, 5.74) is 2.76. The fourth-order valence-corrected chi connectivity index (χ4v) is 9.09. The van der Waals surface area contributed by atoms with E-state index in [0.29, 0.717) is 0 Å². The average Bonchev–Trinajstić information content (AvgIpc) is 3.78. The van der Waals surface area contributed by atoms with Gasteiger partial charge in [0.25, 0.3) is 0 Å². The molecule has 4 fully saturated rings. The summed E-state index contributed by atoms with van der Waals surface area (Å²) < 4.78 is 0. The molecule has 2 heterocycles. The molecule has 0 N–H and O–H groups in total. The summed E-state index contributed by atoms with van der Waals surface area (Å²) in [4.78, 5) is 56.9. The Morgan fingerprint density at radius 1 is 0.850 bits per heavy atom. The number of fused-ring (bicyclic) bond motifs is 10. The standard InChI is InChI=1S/C34H36N2O4/c1-3-5-10-22-15-24-16-25(22)28-26(24)30(37)35(32(28)39)18-20-8-7-9-21(14-20)19-36-31(38)27-23-11-13-34(17-23,12-6-4-2)29(27)33(36)40/h3-4,7-9,11,13-15,23-29H,1-2,5-6,10,12,16-19H2. The van der Waals surface area contributed by atoms with Crippen LogP contribution in [0.4, 0.5) is 0 Å². The summed E-state index contributed by atoms with van der Waals surface area (Å²) in [6.45, 7) is 8.11. The van der Waals surface area contributed by atoms with E-state index in [9.17, 15) is 19.2 Å². The lowest BCUT2D eigenvalue weighted by molar-refractivity contribution is -0.143. The van der Waals surface area contributed by atoms with Gasteiger partial charge in [-0.25, -0.2) is 0 Å². The van der Waals surface area contributed by atoms with Crippen LogP contribution in [0.3, 0.4) is 0 Å². The number of imide groups is 2. The van der Waals surface area contributed by atoms with Gasteiger partial charge < -0.3 is 0 Å². The normalized spacial score (nSPS) is 36.6. The maximum Gasteiger partial charge on any atom is 0.234 e. The Morgan fingerprint density at radius 2 is 1.52 bits per heavy atom. The lowest BCUT2D eigenvalue weighted by atomic mass is 9.72. The predicted octanol–water partition coefficient (Wildman–Crippen LogP) is 4.97. The van der Waals surface area contributed by atoms with E-state index in [2.05, 4.69) is 31.4 Å². The van der Waals surface area contributed by atoms with Crippen LogP contribution >= 0.6 is 0 Å². The highest BCUT2D eigenvalue weighted by molar-refractivity contribution is 6.07. The number of amides is 4. The second kappa shape index (κ2) is 9.25. The second-order valence-electron chi connectivity index (χ2n) is 12.8. The molecule has 206 valence electrons. The highest BCUT2D eigenvalue weighted by Gasteiger charge is 2.65. The molecule has 4 amide bonds. The first-order chi connectivity index (χ1) is 19.4. The van der Waals surface area contributed by atoms with Crippen molar-refractivity contribution in [2.24, 2.45) is 46.8 Å². The topological polar surface area (TPSA) is 74.8 Å². The van der Waals surface area contributed by atoms with Gasteiger partial charge in [0, 0.05) is 5.41 Å². The summed E-state index contributed by atoms with van der Waals surface area (Å²) >= 11 is 0. The lowest BCUT2D eigenvalue weighted by Gasteiger charge is -2.30. The van der Waals surface area contributed by atoms with E-state index in [4.69, 9.17) is 0 Å². The first-order valence-electron chi connectivity index (χ1n) is 14.8. The van der Waals surface area contributed by atoms with Crippen LogP contribution in [0.2, 0.25) is 0 Å². The maximum atomic E-state index is 13.6. The van der Waals surface area contributed by atoms with Crippen molar-refractivity contribution in [3.8, 4) is 0 Å². The van der Waals surface area contributed by atoms with Crippen molar-refractivity contribution >= 4 is 23.6 Å². The van der Waals surface area contributed by atoms with Gasteiger partial charge in [-0.3, -0.25) is 29.0 Å². The van der Waals surface area contributed by atoms with Crippen LogP contribution in [0.25, 0.3) is 0 Å². The van der Waals surface area contributed by atoms with Gasteiger partial charge in [0.15, 0.2) is 0 Å². The molecule has 8 atom stereocenters. The molecule has 6 nitrogen and oxygen atoms in total. The zero-order chi connectivity index (χ0) is 27.8. The third kappa shape index (κ3) is 3.54. The fourth-order valence-electron chi connectivity index (χ4n) is 9.09. The quantitative estimate of drug-likeness (QED) is 0.313. The highest BCUT2D eigenvalue weighted by atomic mass is 16.2. The molecule has 6 aliphatic rings. The van der Waals surface area contributed by atoms with Gasteiger partial charge in [0.2, 0.25) is 23.6 Å². The third-order valence-corrected chi connectivity index (χ3v) is 10.8. The van der Waals surface area contributed by atoms with Gasteiger partial charge in [0.05, 0.1) is 36.8 Å². The van der Waals surface area contributed by atoms with Gasteiger partial charge in [-0.05, 0) is 67.4 Å². The third-order valence-electron chi connectivity index (χ3n) is 10.8. The summed E-state index contributed by atoms with van der Waals surface area (Å²) in [6, 6.07) is 7.65. The second-order valence-corrected chi connectivity index (χ2v) is 12.8. The molecule has 6 heteroatoms. The smallest absolute Gasteiger partial charge is 0.234 e. The van der Waals surface area contributed by atoms with Gasteiger partial charge in [-0.2, -0.15) is 0 Å². The number of likely N-dealkylation sites (tertiary alicyclic amines) is 2. The van der Waals surface area contributed by atoms with Gasteiger partial charge >= 0.3 is 0 Å². The van der Waals surface area contributed by atoms with E-state index in [1.165, 1.54) is 15.4 Å². The molecule has 7 rings (SSSR count). The Balaban J connectivity index is 1.06. The maximum absolute atomic E-state index is 13.6. The van der Waals surface area contributed by atoms with Crippen LogP contribution in [-0.2, 0) is 32.3 Å².